The molecule has 0 atom stereocenters. The molecule has 0 aliphatic rings. The minimum atomic E-state index is -0.0143. The maximum Gasteiger partial charge on any atom is 0.260 e. The van der Waals surface area contributed by atoms with Crippen LogP contribution in [0.3, 0.4) is 0 Å². The van der Waals surface area contributed by atoms with Gasteiger partial charge in [0.25, 0.3) is 5.89 Å². The van der Waals surface area contributed by atoms with E-state index in [0.29, 0.717) is 29.4 Å². The first-order chi connectivity index (χ1) is 9.78. The molecule has 1 aromatic heterocycles. The van der Waals surface area contributed by atoms with Crippen molar-refractivity contribution in [2.24, 2.45) is 0 Å². The number of allylic oxidation sites excluding steroid dienone is 1. The summed E-state index contributed by atoms with van der Waals surface area (Å²) in [4.78, 5) is 4.26. The van der Waals surface area contributed by atoms with Crippen molar-refractivity contribution in [2.45, 2.75) is 13.3 Å². The number of benzene rings is 1. The molecule has 0 saturated heterocycles. The van der Waals surface area contributed by atoms with E-state index in [1.807, 2.05) is 25.1 Å². The molecule has 0 bridgehead atoms. The van der Waals surface area contributed by atoms with E-state index in [1.54, 1.807) is 18.2 Å². The quantitative estimate of drug-likeness (QED) is 0.853. The monoisotopic (exact) mass is 265 g/mol. The molecule has 0 radical (unpaired) electrons. The number of aromatic nitrogens is 2. The van der Waals surface area contributed by atoms with E-state index in [0.717, 1.165) is 0 Å². The highest BCUT2D eigenvalue weighted by molar-refractivity contribution is 5.73. The number of hydrogen-bond donors (Lipinski definition) is 1. The number of aryl methyl sites for hydroxylation is 1. The zero-order chi connectivity index (χ0) is 14.4. The van der Waals surface area contributed by atoms with Gasteiger partial charge in [-0.2, -0.15) is 15.5 Å². The van der Waals surface area contributed by atoms with Gasteiger partial charge in [0.1, 0.15) is 17.7 Å². The van der Waals surface area contributed by atoms with Gasteiger partial charge in [0.2, 0.25) is 0 Å². The van der Waals surface area contributed by atoms with E-state index in [-0.39, 0.29) is 5.57 Å². The normalized spacial score (nSPS) is 9.35. The molecule has 0 spiro atoms. The highest BCUT2D eigenvalue weighted by Gasteiger charge is 2.11. The predicted octanol–water partition coefficient (Wildman–Crippen LogP) is 2.64. The van der Waals surface area contributed by atoms with E-state index >= 15 is 0 Å². The van der Waals surface area contributed by atoms with Crippen molar-refractivity contribution >= 4 is 5.69 Å². The van der Waals surface area contributed by atoms with Crippen LogP contribution in [0.5, 0.6) is 0 Å². The number of para-hydroxylation sites is 1. The van der Waals surface area contributed by atoms with Gasteiger partial charge in [-0.1, -0.05) is 24.2 Å². The Morgan fingerprint density at radius 1 is 1.35 bits per heavy atom. The van der Waals surface area contributed by atoms with Gasteiger partial charge in [0.15, 0.2) is 5.82 Å². The van der Waals surface area contributed by atoms with Crippen LogP contribution in [0.4, 0.5) is 5.69 Å². The van der Waals surface area contributed by atoms with E-state index in [4.69, 9.17) is 15.0 Å². The van der Waals surface area contributed by atoms with E-state index < -0.39 is 0 Å². The Kier molecular flexibility index (Phi) is 4.10. The zero-order valence-electron chi connectivity index (χ0n) is 10.8. The molecule has 6 heteroatoms. The minimum absolute atomic E-state index is 0.0143. The van der Waals surface area contributed by atoms with Crippen LogP contribution >= 0.6 is 0 Å². The third-order valence-electron chi connectivity index (χ3n) is 2.55. The number of nitrogens with zero attached hydrogens (tertiary/aromatic N) is 4. The fraction of sp³-hybridized carbons (Fsp3) is 0.143. The standard InChI is InChI=1S/C14H11N5O/c1-2-13-18-14(20-19-13)11-5-3-4-6-12(11)17-9-10(7-15)8-16/h3-6,9,17H,2H2,1H3. The zero-order valence-corrected chi connectivity index (χ0v) is 10.8. The summed E-state index contributed by atoms with van der Waals surface area (Å²) in [5.74, 6) is 1.02. The van der Waals surface area contributed by atoms with Gasteiger partial charge in [-0.3, -0.25) is 0 Å². The summed E-state index contributed by atoms with van der Waals surface area (Å²) < 4.78 is 5.19. The largest absolute Gasteiger partial charge is 0.359 e. The summed E-state index contributed by atoms with van der Waals surface area (Å²) in [7, 11) is 0. The molecule has 0 aliphatic carbocycles. The summed E-state index contributed by atoms with van der Waals surface area (Å²) in [6.07, 6.45) is 2.03. The Hall–Kier alpha value is -3.12. The van der Waals surface area contributed by atoms with Crippen molar-refractivity contribution in [3.8, 4) is 23.6 Å². The maximum absolute atomic E-state index is 8.70. The molecule has 0 saturated carbocycles. The van der Waals surface area contributed by atoms with Gasteiger partial charge in [-0.25, -0.2) is 0 Å². The SMILES string of the molecule is CCc1noc(-c2ccccc2NC=C(C#N)C#N)n1. The van der Waals surface area contributed by atoms with Gasteiger partial charge in [0, 0.05) is 12.6 Å². The topological polar surface area (TPSA) is 98.5 Å². The van der Waals surface area contributed by atoms with Crippen molar-refractivity contribution in [1.29, 1.82) is 10.5 Å². The fourth-order valence-corrected chi connectivity index (χ4v) is 1.54. The molecule has 1 N–H and O–H groups in total. The third kappa shape index (κ3) is 2.82. The molecule has 2 aromatic rings. The fourth-order valence-electron chi connectivity index (χ4n) is 1.54. The van der Waals surface area contributed by atoms with Crippen LogP contribution in [-0.4, -0.2) is 10.1 Å². The van der Waals surface area contributed by atoms with Crippen LogP contribution in [0.25, 0.3) is 11.5 Å². The number of anilines is 1. The molecule has 1 heterocycles. The molecule has 2 rings (SSSR count). The number of hydrogen-bond acceptors (Lipinski definition) is 6. The summed E-state index contributed by atoms with van der Waals surface area (Å²) >= 11 is 0. The van der Waals surface area contributed by atoms with Crippen molar-refractivity contribution in [2.75, 3.05) is 5.32 Å². The van der Waals surface area contributed by atoms with E-state index in [9.17, 15) is 0 Å². The first-order valence-corrected chi connectivity index (χ1v) is 5.97. The maximum atomic E-state index is 8.70. The summed E-state index contributed by atoms with van der Waals surface area (Å²) in [6, 6.07) is 10.9. The Morgan fingerprint density at radius 3 is 2.75 bits per heavy atom. The lowest BCUT2D eigenvalue weighted by atomic mass is 10.1. The third-order valence-corrected chi connectivity index (χ3v) is 2.55. The van der Waals surface area contributed by atoms with Gasteiger partial charge < -0.3 is 9.84 Å². The average molecular weight is 265 g/mol. The molecular weight excluding hydrogens is 254 g/mol. The minimum Gasteiger partial charge on any atom is -0.359 e. The van der Waals surface area contributed by atoms with Crippen LogP contribution in [0, 0.1) is 22.7 Å². The van der Waals surface area contributed by atoms with Gasteiger partial charge in [-0.15, -0.1) is 0 Å². The second-order valence-electron chi connectivity index (χ2n) is 3.84. The molecule has 0 aliphatic heterocycles. The van der Waals surface area contributed by atoms with E-state index in [2.05, 4.69) is 15.5 Å². The van der Waals surface area contributed by atoms with Crippen LogP contribution < -0.4 is 5.32 Å². The number of nitrogens with one attached hydrogen (secondary N) is 1. The number of rotatable bonds is 4. The first kappa shape index (κ1) is 13.3. The molecular formula is C14H11N5O. The predicted molar refractivity (Wildman–Crippen MR) is 72.0 cm³/mol. The Bertz CT molecular complexity index is 702. The van der Waals surface area contributed by atoms with Crippen molar-refractivity contribution in [3.05, 3.63) is 41.9 Å². The Balaban J connectivity index is 2.34. The number of nitriles is 2. The molecule has 6 nitrogen and oxygen atoms in total. The Labute approximate surface area is 116 Å². The van der Waals surface area contributed by atoms with Crippen LogP contribution in [0.2, 0.25) is 0 Å². The van der Waals surface area contributed by atoms with Crippen LogP contribution in [0.1, 0.15) is 12.7 Å². The smallest absolute Gasteiger partial charge is 0.260 e. The Morgan fingerprint density at radius 2 is 2.10 bits per heavy atom. The second kappa shape index (κ2) is 6.17. The molecule has 98 valence electrons. The summed E-state index contributed by atoms with van der Waals surface area (Å²) in [6.45, 7) is 1.94. The van der Waals surface area contributed by atoms with Crippen molar-refractivity contribution in [1.82, 2.24) is 10.1 Å². The first-order valence-electron chi connectivity index (χ1n) is 5.97. The molecule has 0 unspecified atom stereocenters. The average Bonchev–Trinajstić information content (AvgIpc) is 2.97. The lowest BCUT2D eigenvalue weighted by Gasteiger charge is -2.04. The van der Waals surface area contributed by atoms with E-state index in [1.165, 1.54) is 6.20 Å². The van der Waals surface area contributed by atoms with Gasteiger partial charge >= 0.3 is 0 Å². The van der Waals surface area contributed by atoms with Crippen LogP contribution in [-0.2, 0) is 6.42 Å². The molecule has 20 heavy (non-hydrogen) atoms. The highest BCUT2D eigenvalue weighted by Crippen LogP contribution is 2.26. The van der Waals surface area contributed by atoms with Crippen LogP contribution in [0.15, 0.2) is 40.6 Å². The summed E-state index contributed by atoms with van der Waals surface area (Å²) in [5, 5.41) is 24.2. The molecule has 1 aromatic carbocycles. The lowest BCUT2D eigenvalue weighted by Crippen LogP contribution is -1.93. The van der Waals surface area contributed by atoms with Crippen molar-refractivity contribution in [3.63, 3.8) is 0 Å². The van der Waals surface area contributed by atoms with Gasteiger partial charge in [0.05, 0.1) is 11.3 Å². The van der Waals surface area contributed by atoms with Gasteiger partial charge in [-0.05, 0) is 12.1 Å². The molecule has 0 fully saturated rings. The van der Waals surface area contributed by atoms with Crippen molar-refractivity contribution < 1.29 is 4.52 Å². The highest BCUT2D eigenvalue weighted by atomic mass is 16.5. The second-order valence-corrected chi connectivity index (χ2v) is 3.84. The lowest BCUT2D eigenvalue weighted by molar-refractivity contribution is 0.423. The molecule has 0 amide bonds. The summed E-state index contributed by atoms with van der Waals surface area (Å²) in [5.41, 5.74) is 1.38.